The van der Waals surface area contributed by atoms with E-state index < -0.39 is 0 Å². The smallest absolute Gasteiger partial charge is 0.255 e. The number of nitrogens with zero attached hydrogens (tertiary/aromatic N) is 1. The molecular formula is C24H31N3O3. The normalized spacial score (nSPS) is 13.3. The predicted molar refractivity (Wildman–Crippen MR) is 120 cm³/mol. The summed E-state index contributed by atoms with van der Waals surface area (Å²) in [6.07, 6.45) is 3.02. The van der Waals surface area contributed by atoms with Crippen LogP contribution in [0.25, 0.3) is 0 Å². The number of benzene rings is 2. The van der Waals surface area contributed by atoms with Gasteiger partial charge < -0.3 is 20.3 Å². The quantitative estimate of drug-likeness (QED) is 0.614. The lowest BCUT2D eigenvalue weighted by molar-refractivity contribution is 0.0943. The van der Waals surface area contributed by atoms with Gasteiger partial charge in [0, 0.05) is 49.8 Å². The van der Waals surface area contributed by atoms with Crippen LogP contribution in [0, 0.1) is 6.92 Å². The second-order valence-electron chi connectivity index (χ2n) is 7.50. The van der Waals surface area contributed by atoms with Crippen LogP contribution in [0.3, 0.4) is 0 Å². The molecule has 0 spiro atoms. The van der Waals surface area contributed by atoms with Crippen molar-refractivity contribution in [1.29, 1.82) is 0 Å². The molecule has 1 aliphatic heterocycles. The van der Waals surface area contributed by atoms with Gasteiger partial charge in [0.05, 0.1) is 5.56 Å². The third kappa shape index (κ3) is 5.60. The molecule has 6 nitrogen and oxygen atoms in total. The van der Waals surface area contributed by atoms with E-state index >= 15 is 0 Å². The van der Waals surface area contributed by atoms with Crippen molar-refractivity contribution in [2.24, 2.45) is 0 Å². The molecule has 0 radical (unpaired) electrons. The molecule has 2 N–H and O–H groups in total. The van der Waals surface area contributed by atoms with E-state index in [2.05, 4.69) is 15.5 Å². The van der Waals surface area contributed by atoms with Crippen molar-refractivity contribution in [1.82, 2.24) is 5.32 Å². The zero-order chi connectivity index (χ0) is 21.3. The topological polar surface area (TPSA) is 70.7 Å². The molecule has 2 aromatic rings. The molecular weight excluding hydrogens is 378 g/mol. The highest BCUT2D eigenvalue weighted by molar-refractivity contribution is 6.07. The summed E-state index contributed by atoms with van der Waals surface area (Å²) in [6, 6.07) is 13.1. The number of amides is 2. The Balaban J connectivity index is 1.77. The van der Waals surface area contributed by atoms with Crippen LogP contribution in [0.2, 0.25) is 0 Å². The van der Waals surface area contributed by atoms with Gasteiger partial charge in [-0.25, -0.2) is 0 Å². The monoisotopic (exact) mass is 409 g/mol. The Morgan fingerprint density at radius 1 is 1.03 bits per heavy atom. The lowest BCUT2D eigenvalue weighted by atomic mass is 10.1. The fourth-order valence-electron chi connectivity index (χ4n) is 3.67. The summed E-state index contributed by atoms with van der Waals surface area (Å²) in [5.74, 6) is -0.300. The molecule has 1 heterocycles. The third-order valence-electron chi connectivity index (χ3n) is 5.29. The molecule has 6 heteroatoms. The van der Waals surface area contributed by atoms with Crippen LogP contribution < -0.4 is 15.5 Å². The second kappa shape index (κ2) is 10.8. The van der Waals surface area contributed by atoms with Crippen molar-refractivity contribution in [3.8, 4) is 0 Å². The lowest BCUT2D eigenvalue weighted by Crippen LogP contribution is -2.29. The van der Waals surface area contributed by atoms with Gasteiger partial charge in [0.1, 0.15) is 0 Å². The molecule has 3 rings (SSSR count). The van der Waals surface area contributed by atoms with Gasteiger partial charge in [-0.1, -0.05) is 18.2 Å². The minimum atomic E-state index is -0.176. The Hall–Kier alpha value is -2.86. The van der Waals surface area contributed by atoms with E-state index in [-0.39, 0.29) is 11.8 Å². The average molecular weight is 410 g/mol. The van der Waals surface area contributed by atoms with E-state index in [1.807, 2.05) is 44.2 Å². The Morgan fingerprint density at radius 3 is 2.53 bits per heavy atom. The molecule has 0 bridgehead atoms. The van der Waals surface area contributed by atoms with Crippen molar-refractivity contribution in [3.05, 3.63) is 59.2 Å². The molecule has 1 fully saturated rings. The van der Waals surface area contributed by atoms with Crippen LogP contribution in [-0.4, -0.2) is 44.7 Å². The first-order valence-electron chi connectivity index (χ1n) is 10.7. The highest BCUT2D eigenvalue weighted by Gasteiger charge is 2.20. The number of rotatable bonds is 9. The fraction of sp³-hybridized carbons (Fsp3) is 0.417. The highest BCUT2D eigenvalue weighted by atomic mass is 16.5. The number of carbonyl (C=O) groups excluding carboxylic acids is 2. The van der Waals surface area contributed by atoms with Crippen LogP contribution in [0.5, 0.6) is 0 Å². The van der Waals surface area contributed by atoms with Gasteiger partial charge >= 0.3 is 0 Å². The fourth-order valence-corrected chi connectivity index (χ4v) is 3.67. The molecule has 0 aliphatic carbocycles. The molecule has 1 aliphatic rings. The summed E-state index contributed by atoms with van der Waals surface area (Å²) in [5.41, 5.74) is 3.67. The van der Waals surface area contributed by atoms with E-state index in [1.165, 1.54) is 0 Å². The summed E-state index contributed by atoms with van der Waals surface area (Å²) in [6.45, 7) is 7.61. The van der Waals surface area contributed by atoms with E-state index in [0.717, 1.165) is 43.6 Å². The zero-order valence-electron chi connectivity index (χ0n) is 17.9. The van der Waals surface area contributed by atoms with Gasteiger partial charge in [0.2, 0.25) is 0 Å². The van der Waals surface area contributed by atoms with Gasteiger partial charge in [0.15, 0.2) is 0 Å². The first-order chi connectivity index (χ1) is 14.6. The van der Waals surface area contributed by atoms with Crippen molar-refractivity contribution in [3.63, 3.8) is 0 Å². The molecule has 2 amide bonds. The highest BCUT2D eigenvalue weighted by Crippen LogP contribution is 2.28. The van der Waals surface area contributed by atoms with Crippen LogP contribution in [0.15, 0.2) is 42.5 Å². The average Bonchev–Trinajstić information content (AvgIpc) is 3.28. The summed E-state index contributed by atoms with van der Waals surface area (Å²) in [7, 11) is 0. The van der Waals surface area contributed by atoms with Crippen molar-refractivity contribution < 1.29 is 14.3 Å². The predicted octanol–water partition coefficient (Wildman–Crippen LogP) is 4.00. The number of carbonyl (C=O) groups is 2. The van der Waals surface area contributed by atoms with Crippen LogP contribution in [-0.2, 0) is 4.74 Å². The first kappa shape index (κ1) is 21.8. The van der Waals surface area contributed by atoms with Crippen LogP contribution >= 0.6 is 0 Å². The Morgan fingerprint density at radius 2 is 1.80 bits per heavy atom. The molecule has 0 saturated carbocycles. The number of ether oxygens (including phenoxy) is 1. The van der Waals surface area contributed by atoms with Crippen molar-refractivity contribution in [2.45, 2.75) is 33.1 Å². The standard InChI is InChI=1S/C24H31N3O3/c1-3-30-16-8-13-25-23(28)21-17-19(11-12-22(21)27-14-6-7-15-27)26-24(29)20-10-5-4-9-18(20)2/h4-5,9-12,17H,3,6-8,13-16H2,1-2H3,(H,25,28)(H,26,29). The van der Waals surface area contributed by atoms with Gasteiger partial charge in [-0.3, -0.25) is 9.59 Å². The zero-order valence-corrected chi connectivity index (χ0v) is 17.9. The summed E-state index contributed by atoms with van der Waals surface area (Å²) in [4.78, 5) is 27.9. The molecule has 0 unspecified atom stereocenters. The Labute approximate surface area is 178 Å². The minimum absolute atomic E-state index is 0.125. The SMILES string of the molecule is CCOCCCNC(=O)c1cc(NC(=O)c2ccccc2C)ccc1N1CCCC1. The van der Waals surface area contributed by atoms with E-state index in [4.69, 9.17) is 4.74 Å². The van der Waals surface area contributed by atoms with Gasteiger partial charge in [-0.2, -0.15) is 0 Å². The maximum Gasteiger partial charge on any atom is 0.255 e. The number of anilines is 2. The van der Waals surface area contributed by atoms with E-state index in [1.54, 1.807) is 12.1 Å². The Kier molecular flexibility index (Phi) is 7.85. The summed E-state index contributed by atoms with van der Waals surface area (Å²) in [5, 5.41) is 5.92. The van der Waals surface area contributed by atoms with Gasteiger partial charge in [0.25, 0.3) is 11.8 Å². The first-order valence-corrected chi connectivity index (χ1v) is 10.7. The minimum Gasteiger partial charge on any atom is -0.382 e. The molecule has 30 heavy (non-hydrogen) atoms. The van der Waals surface area contributed by atoms with Crippen LogP contribution in [0.4, 0.5) is 11.4 Å². The maximum atomic E-state index is 12.9. The van der Waals surface area contributed by atoms with Gasteiger partial charge in [-0.05, 0) is 62.9 Å². The lowest BCUT2D eigenvalue weighted by Gasteiger charge is -2.22. The van der Waals surface area contributed by atoms with Gasteiger partial charge in [-0.15, -0.1) is 0 Å². The number of nitrogens with one attached hydrogen (secondary N) is 2. The van der Waals surface area contributed by atoms with E-state index in [0.29, 0.717) is 36.6 Å². The van der Waals surface area contributed by atoms with Crippen molar-refractivity contribution >= 4 is 23.2 Å². The maximum absolute atomic E-state index is 12.9. The molecule has 1 saturated heterocycles. The molecule has 0 aromatic heterocycles. The summed E-state index contributed by atoms with van der Waals surface area (Å²) < 4.78 is 5.33. The van der Waals surface area contributed by atoms with Crippen LogP contribution in [0.1, 0.15) is 52.5 Å². The second-order valence-corrected chi connectivity index (χ2v) is 7.50. The molecule has 2 aromatic carbocycles. The Bertz CT molecular complexity index is 876. The largest absolute Gasteiger partial charge is 0.382 e. The number of hydrogen-bond donors (Lipinski definition) is 2. The van der Waals surface area contributed by atoms with E-state index in [9.17, 15) is 9.59 Å². The number of aryl methyl sites for hydroxylation is 1. The molecule has 160 valence electrons. The summed E-state index contributed by atoms with van der Waals surface area (Å²) >= 11 is 0. The number of hydrogen-bond acceptors (Lipinski definition) is 4. The van der Waals surface area contributed by atoms with Crippen molar-refractivity contribution in [2.75, 3.05) is 43.1 Å². The third-order valence-corrected chi connectivity index (χ3v) is 5.29. The molecule has 0 atom stereocenters.